The van der Waals surface area contributed by atoms with Crippen LogP contribution in [0.5, 0.6) is 0 Å². The van der Waals surface area contributed by atoms with Gasteiger partial charge in [0.05, 0.1) is 5.52 Å². The van der Waals surface area contributed by atoms with E-state index in [4.69, 9.17) is 4.98 Å². The van der Waals surface area contributed by atoms with Crippen molar-refractivity contribution in [3.05, 3.63) is 34.8 Å². The molecule has 106 valence electrons. The van der Waals surface area contributed by atoms with Crippen molar-refractivity contribution in [2.45, 2.75) is 18.9 Å². The van der Waals surface area contributed by atoms with E-state index in [0.717, 1.165) is 33.7 Å². The number of hydrogen-bond acceptors (Lipinski definition) is 3. The Balaban J connectivity index is 1.75. The molecule has 3 rings (SSSR count). The van der Waals surface area contributed by atoms with Gasteiger partial charge in [-0.2, -0.15) is 0 Å². The molecule has 0 saturated heterocycles. The van der Waals surface area contributed by atoms with Gasteiger partial charge in [-0.1, -0.05) is 12.1 Å². The van der Waals surface area contributed by atoms with E-state index >= 15 is 0 Å². The molecule has 3 nitrogen and oxygen atoms in total. The molecule has 1 aliphatic rings. The highest BCUT2D eigenvalue weighted by atomic mass is 79.9. The number of benzene rings is 1. The van der Waals surface area contributed by atoms with Gasteiger partial charge in [0.2, 0.25) is 0 Å². The van der Waals surface area contributed by atoms with Crippen molar-refractivity contribution >= 4 is 32.7 Å². The minimum absolute atomic E-state index is 0.603. The van der Waals surface area contributed by atoms with Crippen molar-refractivity contribution in [1.29, 1.82) is 0 Å². The lowest BCUT2D eigenvalue weighted by Crippen LogP contribution is -2.36. The number of fused-ring (bicyclic) bond motifs is 1. The van der Waals surface area contributed by atoms with Crippen LogP contribution in [0.3, 0.4) is 0 Å². The Morgan fingerprint density at radius 1 is 1.30 bits per heavy atom. The number of nitrogens with zero attached hydrogens (tertiary/aromatic N) is 2. The first kappa shape index (κ1) is 13.8. The van der Waals surface area contributed by atoms with E-state index < -0.39 is 0 Å². The first-order valence-corrected chi connectivity index (χ1v) is 7.90. The van der Waals surface area contributed by atoms with Gasteiger partial charge in [-0.25, -0.2) is 4.98 Å². The minimum atomic E-state index is 0.603. The van der Waals surface area contributed by atoms with Crippen LogP contribution >= 0.6 is 15.9 Å². The third-order valence-electron chi connectivity index (χ3n) is 3.99. The molecule has 0 bridgehead atoms. The molecule has 0 spiro atoms. The summed E-state index contributed by atoms with van der Waals surface area (Å²) in [6.07, 6.45) is 2.72. The Kier molecular flexibility index (Phi) is 3.94. The first-order valence-electron chi connectivity index (χ1n) is 7.11. The standard InChI is InChI=1S/C16H20BrN3/c1-20(2)14(11-6-7-11)10-18-15-9-8-12-4-3-5-13(17)16(12)19-15/h3-5,8-9,11,14H,6-7,10H2,1-2H3,(H,18,19). The summed E-state index contributed by atoms with van der Waals surface area (Å²) in [5.74, 6) is 1.81. The zero-order chi connectivity index (χ0) is 14.1. The van der Waals surface area contributed by atoms with E-state index in [2.05, 4.69) is 58.4 Å². The van der Waals surface area contributed by atoms with E-state index in [-0.39, 0.29) is 0 Å². The molecule has 4 heteroatoms. The molecule has 1 unspecified atom stereocenters. The second-order valence-electron chi connectivity index (χ2n) is 5.76. The second-order valence-corrected chi connectivity index (χ2v) is 6.61. The number of rotatable bonds is 5. The maximum Gasteiger partial charge on any atom is 0.126 e. The lowest BCUT2D eigenvalue weighted by atomic mass is 10.1. The fourth-order valence-electron chi connectivity index (χ4n) is 2.67. The van der Waals surface area contributed by atoms with Gasteiger partial charge in [0.25, 0.3) is 0 Å². The topological polar surface area (TPSA) is 28.2 Å². The van der Waals surface area contributed by atoms with Crippen LogP contribution in [-0.4, -0.2) is 36.6 Å². The summed E-state index contributed by atoms with van der Waals surface area (Å²) in [4.78, 5) is 7.03. The molecule has 1 N–H and O–H groups in total. The Morgan fingerprint density at radius 2 is 2.10 bits per heavy atom. The van der Waals surface area contributed by atoms with Crippen molar-refractivity contribution in [3.8, 4) is 0 Å². The van der Waals surface area contributed by atoms with Gasteiger partial charge in [-0.3, -0.25) is 0 Å². The van der Waals surface area contributed by atoms with Crippen LogP contribution in [0, 0.1) is 5.92 Å². The number of halogens is 1. The summed E-state index contributed by atoms with van der Waals surface area (Å²) in [6.45, 7) is 0.959. The van der Waals surface area contributed by atoms with Crippen LogP contribution in [0.2, 0.25) is 0 Å². The van der Waals surface area contributed by atoms with Crippen molar-refractivity contribution in [1.82, 2.24) is 9.88 Å². The molecule has 1 aromatic carbocycles. The van der Waals surface area contributed by atoms with E-state index in [1.165, 1.54) is 12.8 Å². The third-order valence-corrected chi connectivity index (χ3v) is 4.63. The summed E-state index contributed by atoms with van der Waals surface area (Å²) < 4.78 is 1.05. The van der Waals surface area contributed by atoms with Gasteiger partial charge in [-0.15, -0.1) is 0 Å². The Hall–Kier alpha value is -1.13. The van der Waals surface area contributed by atoms with Crippen LogP contribution in [0.25, 0.3) is 10.9 Å². The van der Waals surface area contributed by atoms with Crippen LogP contribution in [-0.2, 0) is 0 Å². The lowest BCUT2D eigenvalue weighted by Gasteiger charge is -2.24. The number of pyridine rings is 1. The van der Waals surface area contributed by atoms with Crippen molar-refractivity contribution in [2.24, 2.45) is 5.92 Å². The van der Waals surface area contributed by atoms with Crippen molar-refractivity contribution in [3.63, 3.8) is 0 Å². The monoisotopic (exact) mass is 333 g/mol. The molecule has 0 aliphatic heterocycles. The largest absolute Gasteiger partial charge is 0.368 e. The Labute approximate surface area is 128 Å². The first-order chi connectivity index (χ1) is 9.65. The van der Waals surface area contributed by atoms with E-state index in [0.29, 0.717) is 6.04 Å². The van der Waals surface area contributed by atoms with Gasteiger partial charge in [-0.05, 0) is 67.0 Å². The lowest BCUT2D eigenvalue weighted by molar-refractivity contribution is 0.276. The zero-order valence-corrected chi connectivity index (χ0v) is 13.5. The molecule has 1 atom stereocenters. The maximum absolute atomic E-state index is 4.71. The highest BCUT2D eigenvalue weighted by molar-refractivity contribution is 9.10. The van der Waals surface area contributed by atoms with E-state index in [1.807, 2.05) is 12.1 Å². The fraction of sp³-hybridized carbons (Fsp3) is 0.438. The molecule has 0 amide bonds. The van der Waals surface area contributed by atoms with Gasteiger partial charge >= 0.3 is 0 Å². The highest BCUT2D eigenvalue weighted by Gasteiger charge is 2.32. The maximum atomic E-state index is 4.71. The molecule has 0 radical (unpaired) electrons. The zero-order valence-electron chi connectivity index (χ0n) is 11.9. The van der Waals surface area contributed by atoms with E-state index in [1.54, 1.807) is 0 Å². The molecule has 1 aliphatic carbocycles. The predicted octanol–water partition coefficient (Wildman–Crippen LogP) is 3.75. The smallest absolute Gasteiger partial charge is 0.126 e. The average molecular weight is 334 g/mol. The summed E-state index contributed by atoms with van der Waals surface area (Å²) >= 11 is 3.57. The van der Waals surface area contributed by atoms with Crippen LogP contribution < -0.4 is 5.32 Å². The summed E-state index contributed by atoms with van der Waals surface area (Å²) in [7, 11) is 4.32. The van der Waals surface area contributed by atoms with Crippen molar-refractivity contribution < 1.29 is 0 Å². The molecule has 1 fully saturated rings. The molecular formula is C16H20BrN3. The number of hydrogen-bond donors (Lipinski definition) is 1. The number of para-hydroxylation sites is 1. The van der Waals surface area contributed by atoms with Crippen molar-refractivity contribution in [2.75, 3.05) is 26.0 Å². The number of likely N-dealkylation sites (N-methyl/N-ethyl adjacent to an activating group) is 1. The summed E-state index contributed by atoms with van der Waals surface area (Å²) in [5, 5.41) is 4.66. The quantitative estimate of drug-likeness (QED) is 0.903. The van der Waals surface area contributed by atoms with Gasteiger partial charge in [0.15, 0.2) is 0 Å². The molecule has 2 aromatic rings. The van der Waals surface area contributed by atoms with Crippen LogP contribution in [0.15, 0.2) is 34.8 Å². The summed E-state index contributed by atoms with van der Waals surface area (Å²) in [6, 6.07) is 10.9. The van der Waals surface area contributed by atoms with Gasteiger partial charge in [0.1, 0.15) is 5.82 Å². The third kappa shape index (κ3) is 2.96. The minimum Gasteiger partial charge on any atom is -0.368 e. The number of nitrogens with one attached hydrogen (secondary N) is 1. The average Bonchev–Trinajstić information content (AvgIpc) is 3.24. The Morgan fingerprint density at radius 3 is 2.80 bits per heavy atom. The van der Waals surface area contributed by atoms with Crippen LogP contribution in [0.1, 0.15) is 12.8 Å². The normalized spacial score (nSPS) is 16.6. The van der Waals surface area contributed by atoms with Gasteiger partial charge < -0.3 is 10.2 Å². The van der Waals surface area contributed by atoms with Gasteiger partial charge in [0, 0.05) is 22.4 Å². The molecule has 1 heterocycles. The molecule has 1 saturated carbocycles. The van der Waals surface area contributed by atoms with Crippen LogP contribution in [0.4, 0.5) is 5.82 Å². The number of anilines is 1. The number of aromatic nitrogens is 1. The summed E-state index contributed by atoms with van der Waals surface area (Å²) in [5.41, 5.74) is 1.02. The fourth-order valence-corrected chi connectivity index (χ4v) is 3.14. The SMILES string of the molecule is CN(C)C(CNc1ccc2cccc(Br)c2n1)C1CC1. The highest BCUT2D eigenvalue weighted by Crippen LogP contribution is 2.34. The molecular weight excluding hydrogens is 314 g/mol. The Bertz CT molecular complexity index is 606. The predicted molar refractivity (Wildman–Crippen MR) is 88.1 cm³/mol. The molecule has 20 heavy (non-hydrogen) atoms. The molecule has 1 aromatic heterocycles. The second kappa shape index (κ2) is 5.70. The van der Waals surface area contributed by atoms with E-state index in [9.17, 15) is 0 Å².